The van der Waals surface area contributed by atoms with Crippen molar-refractivity contribution in [2.75, 3.05) is 40.0 Å². The van der Waals surface area contributed by atoms with E-state index in [0.717, 1.165) is 43.4 Å². The van der Waals surface area contributed by atoms with Gasteiger partial charge in [-0.25, -0.2) is 0 Å². The zero-order valence-corrected chi connectivity index (χ0v) is 20.4. The number of para-hydroxylation sites is 1. The summed E-state index contributed by atoms with van der Waals surface area (Å²) in [4.78, 5) is 31.6. The van der Waals surface area contributed by atoms with Crippen LogP contribution in [0.5, 0.6) is 5.75 Å². The van der Waals surface area contributed by atoms with Crippen LogP contribution in [0, 0.1) is 12.8 Å². The van der Waals surface area contributed by atoms with E-state index in [0.29, 0.717) is 26.3 Å². The lowest BCUT2D eigenvalue weighted by molar-refractivity contribution is -0.145. The van der Waals surface area contributed by atoms with E-state index in [9.17, 15) is 9.59 Å². The van der Waals surface area contributed by atoms with Crippen molar-refractivity contribution in [1.82, 2.24) is 9.80 Å². The second kappa shape index (κ2) is 11.2. The van der Waals surface area contributed by atoms with E-state index in [-0.39, 0.29) is 30.3 Å². The van der Waals surface area contributed by atoms with Crippen LogP contribution in [0.4, 0.5) is 0 Å². The third-order valence-corrected chi connectivity index (χ3v) is 7.81. The Balaban J connectivity index is 1.49. The number of thiophene rings is 1. The third kappa shape index (κ3) is 5.58. The summed E-state index contributed by atoms with van der Waals surface area (Å²) in [5.41, 5.74) is 2.24. The fraction of sp³-hybridized carbons (Fsp3) is 0.538. The SMILES string of the molecule is COCCN(CC(=O)N1CCc2sccc2[C@@H]1COc1ccccc1C)C(=O)C1CCCC1. The van der Waals surface area contributed by atoms with Crippen LogP contribution in [0.2, 0.25) is 0 Å². The summed E-state index contributed by atoms with van der Waals surface area (Å²) in [6.07, 6.45) is 4.87. The Morgan fingerprint density at radius 2 is 1.97 bits per heavy atom. The molecule has 1 aliphatic carbocycles. The van der Waals surface area contributed by atoms with E-state index in [2.05, 4.69) is 11.4 Å². The fourth-order valence-electron chi connectivity index (χ4n) is 4.92. The molecule has 1 aliphatic heterocycles. The molecule has 0 saturated heterocycles. The number of rotatable bonds is 9. The number of hydrogen-bond acceptors (Lipinski definition) is 5. The van der Waals surface area contributed by atoms with Gasteiger partial charge in [0.2, 0.25) is 11.8 Å². The van der Waals surface area contributed by atoms with Gasteiger partial charge in [-0.1, -0.05) is 31.0 Å². The van der Waals surface area contributed by atoms with Gasteiger partial charge in [0.15, 0.2) is 0 Å². The second-order valence-electron chi connectivity index (χ2n) is 8.96. The molecule has 2 amide bonds. The number of fused-ring (bicyclic) bond motifs is 1. The molecule has 4 rings (SSSR count). The molecule has 1 saturated carbocycles. The number of methoxy groups -OCH3 is 1. The number of hydrogen-bond donors (Lipinski definition) is 0. The predicted octanol–water partition coefficient (Wildman–Crippen LogP) is 4.23. The molecular weight excluding hydrogens is 436 g/mol. The van der Waals surface area contributed by atoms with Gasteiger partial charge in [-0.05, 0) is 54.8 Å². The number of ether oxygens (including phenoxy) is 2. The quantitative estimate of drug-likeness (QED) is 0.550. The summed E-state index contributed by atoms with van der Waals surface area (Å²) in [5.74, 6) is 0.955. The number of carbonyl (C=O) groups is 2. The third-order valence-electron chi connectivity index (χ3n) is 6.81. The highest BCUT2D eigenvalue weighted by Crippen LogP contribution is 2.34. The molecule has 0 N–H and O–H groups in total. The molecule has 0 bridgehead atoms. The first-order valence-electron chi connectivity index (χ1n) is 11.9. The summed E-state index contributed by atoms with van der Waals surface area (Å²) in [5, 5.41) is 2.09. The fourth-order valence-corrected chi connectivity index (χ4v) is 5.84. The minimum Gasteiger partial charge on any atom is -0.491 e. The van der Waals surface area contributed by atoms with Crippen molar-refractivity contribution in [3.05, 3.63) is 51.7 Å². The van der Waals surface area contributed by atoms with Crippen molar-refractivity contribution in [3.63, 3.8) is 0 Å². The Morgan fingerprint density at radius 1 is 1.18 bits per heavy atom. The molecule has 0 spiro atoms. The van der Waals surface area contributed by atoms with Crippen LogP contribution in [-0.2, 0) is 20.7 Å². The highest BCUT2D eigenvalue weighted by molar-refractivity contribution is 7.10. The maximum Gasteiger partial charge on any atom is 0.242 e. The molecular formula is C26H34N2O4S. The highest BCUT2D eigenvalue weighted by Gasteiger charge is 2.35. The number of carbonyl (C=O) groups excluding carboxylic acids is 2. The van der Waals surface area contributed by atoms with E-state index in [1.54, 1.807) is 23.3 Å². The van der Waals surface area contributed by atoms with Crippen molar-refractivity contribution in [2.24, 2.45) is 5.92 Å². The standard InChI is InChI=1S/C26H34N2O4S/c1-19-7-3-6-10-23(19)32-18-22-21-12-16-33-24(21)11-13-28(22)25(29)17-27(14-15-31-2)26(30)20-8-4-5-9-20/h3,6-7,10,12,16,20,22H,4-5,8-9,11,13-15,17-18H2,1-2H3/t22-/m0/s1. The van der Waals surface area contributed by atoms with E-state index in [4.69, 9.17) is 9.47 Å². The van der Waals surface area contributed by atoms with Crippen LogP contribution in [0.25, 0.3) is 0 Å². The van der Waals surface area contributed by atoms with Crippen LogP contribution in [0.3, 0.4) is 0 Å². The molecule has 2 aliphatic rings. The Labute approximate surface area is 200 Å². The molecule has 1 atom stereocenters. The number of amides is 2. The monoisotopic (exact) mass is 470 g/mol. The van der Waals surface area contributed by atoms with Crippen molar-refractivity contribution >= 4 is 23.2 Å². The first kappa shape index (κ1) is 23.8. The van der Waals surface area contributed by atoms with E-state index in [1.807, 2.05) is 36.1 Å². The molecule has 178 valence electrons. The van der Waals surface area contributed by atoms with Crippen molar-refractivity contribution in [3.8, 4) is 5.75 Å². The Morgan fingerprint density at radius 3 is 2.73 bits per heavy atom. The molecule has 1 aromatic heterocycles. The summed E-state index contributed by atoms with van der Waals surface area (Å²) >= 11 is 1.74. The molecule has 1 aromatic carbocycles. The van der Waals surface area contributed by atoms with Crippen molar-refractivity contribution in [1.29, 1.82) is 0 Å². The van der Waals surface area contributed by atoms with Crippen molar-refractivity contribution in [2.45, 2.75) is 45.1 Å². The molecule has 2 heterocycles. The maximum absolute atomic E-state index is 13.6. The lowest BCUT2D eigenvalue weighted by Gasteiger charge is -2.37. The molecule has 1 fully saturated rings. The molecule has 6 nitrogen and oxygen atoms in total. The summed E-state index contributed by atoms with van der Waals surface area (Å²) in [6.45, 7) is 4.04. The van der Waals surface area contributed by atoms with Crippen LogP contribution in [0.1, 0.15) is 47.7 Å². The average molecular weight is 471 g/mol. The van der Waals surface area contributed by atoms with Gasteiger partial charge in [0.05, 0.1) is 19.2 Å². The van der Waals surface area contributed by atoms with E-state index in [1.165, 1.54) is 10.4 Å². The normalized spacial score (nSPS) is 18.2. The molecule has 7 heteroatoms. The Bertz CT molecular complexity index is 953. The Kier molecular flexibility index (Phi) is 8.04. The van der Waals surface area contributed by atoms with Crippen molar-refractivity contribution < 1.29 is 19.1 Å². The van der Waals surface area contributed by atoms with E-state index >= 15 is 0 Å². The predicted molar refractivity (Wildman–Crippen MR) is 130 cm³/mol. The van der Waals surface area contributed by atoms with Gasteiger partial charge < -0.3 is 19.3 Å². The van der Waals surface area contributed by atoms with Gasteiger partial charge in [-0.3, -0.25) is 9.59 Å². The van der Waals surface area contributed by atoms with Crippen LogP contribution >= 0.6 is 11.3 Å². The minimum absolute atomic E-state index is 0.0207. The van der Waals surface area contributed by atoms with Gasteiger partial charge in [0, 0.05) is 31.0 Å². The first-order valence-corrected chi connectivity index (χ1v) is 12.8. The zero-order chi connectivity index (χ0) is 23.2. The zero-order valence-electron chi connectivity index (χ0n) is 19.6. The van der Waals surface area contributed by atoms with Crippen LogP contribution in [0.15, 0.2) is 35.7 Å². The Hall–Kier alpha value is -2.38. The van der Waals surface area contributed by atoms with Crippen LogP contribution in [-0.4, -0.2) is 61.6 Å². The second-order valence-corrected chi connectivity index (χ2v) is 9.96. The highest BCUT2D eigenvalue weighted by atomic mass is 32.1. The lowest BCUT2D eigenvalue weighted by atomic mass is 10.00. The largest absolute Gasteiger partial charge is 0.491 e. The molecule has 0 unspecified atom stereocenters. The van der Waals surface area contributed by atoms with Gasteiger partial charge in [0.1, 0.15) is 12.4 Å². The van der Waals surface area contributed by atoms with Gasteiger partial charge in [0.25, 0.3) is 0 Å². The summed E-state index contributed by atoms with van der Waals surface area (Å²) in [6, 6.07) is 9.90. The number of aryl methyl sites for hydroxylation is 1. The first-order chi connectivity index (χ1) is 16.1. The summed E-state index contributed by atoms with van der Waals surface area (Å²) < 4.78 is 11.4. The minimum atomic E-state index is -0.155. The van der Waals surface area contributed by atoms with Gasteiger partial charge in [-0.15, -0.1) is 11.3 Å². The topological polar surface area (TPSA) is 59.1 Å². The van der Waals surface area contributed by atoms with Gasteiger partial charge in [-0.2, -0.15) is 0 Å². The number of benzene rings is 1. The van der Waals surface area contributed by atoms with Crippen LogP contribution < -0.4 is 4.74 Å². The van der Waals surface area contributed by atoms with Gasteiger partial charge >= 0.3 is 0 Å². The smallest absolute Gasteiger partial charge is 0.242 e. The maximum atomic E-state index is 13.6. The molecule has 0 radical (unpaired) electrons. The van der Waals surface area contributed by atoms with E-state index < -0.39 is 0 Å². The lowest BCUT2D eigenvalue weighted by Crippen LogP contribution is -2.49. The number of nitrogens with zero attached hydrogens (tertiary/aromatic N) is 2. The molecule has 33 heavy (non-hydrogen) atoms. The summed E-state index contributed by atoms with van der Waals surface area (Å²) in [7, 11) is 1.63. The molecule has 2 aromatic rings. The average Bonchev–Trinajstić information content (AvgIpc) is 3.52.